The first kappa shape index (κ1) is 8.63. The lowest BCUT2D eigenvalue weighted by Crippen LogP contribution is -1.97. The van der Waals surface area contributed by atoms with Gasteiger partial charge in [0.05, 0.1) is 10.8 Å². The Hall–Kier alpha value is -0.960. The second-order valence-corrected chi connectivity index (χ2v) is 4.35. The largest absolute Gasteiger partial charge is 0.255 e. The third-order valence-corrected chi connectivity index (χ3v) is 3.18. The average molecular weight is 196 g/mol. The van der Waals surface area contributed by atoms with Crippen LogP contribution in [0.3, 0.4) is 0 Å². The van der Waals surface area contributed by atoms with Gasteiger partial charge in [-0.15, -0.1) is 0 Å². The van der Waals surface area contributed by atoms with Crippen LogP contribution in [0.2, 0.25) is 0 Å². The summed E-state index contributed by atoms with van der Waals surface area (Å²) in [5, 5.41) is 0. The number of hydrogen-bond donors (Lipinski definition) is 0. The fourth-order valence-electron chi connectivity index (χ4n) is 1.57. The predicted molar refractivity (Wildman–Crippen MR) is 51.5 cm³/mol. The Bertz CT molecular complexity index is 410. The van der Waals surface area contributed by atoms with Crippen molar-refractivity contribution in [2.24, 2.45) is 0 Å². The van der Waals surface area contributed by atoms with Gasteiger partial charge in [-0.1, -0.05) is 12.2 Å². The second-order valence-electron chi connectivity index (χ2n) is 3.00. The maximum atomic E-state index is 13.2. The summed E-state index contributed by atoms with van der Waals surface area (Å²) in [6.07, 6.45) is 5.96. The van der Waals surface area contributed by atoms with Gasteiger partial charge in [-0.2, -0.15) is 0 Å². The molecule has 0 aliphatic heterocycles. The van der Waals surface area contributed by atoms with Gasteiger partial charge in [0.25, 0.3) is 0 Å². The molecule has 0 amide bonds. The van der Waals surface area contributed by atoms with E-state index in [0.29, 0.717) is 12.0 Å². The monoisotopic (exact) mass is 196 g/mol. The van der Waals surface area contributed by atoms with E-state index in [1.807, 2.05) is 6.08 Å². The molecule has 3 heteroatoms. The lowest BCUT2D eigenvalue weighted by atomic mass is 10.1. The van der Waals surface area contributed by atoms with Crippen LogP contribution in [0.1, 0.15) is 11.1 Å². The lowest BCUT2D eigenvalue weighted by Gasteiger charge is -2.05. The zero-order chi connectivity index (χ0) is 9.42. The molecule has 13 heavy (non-hydrogen) atoms. The molecular formula is C10H9FOS. The van der Waals surface area contributed by atoms with E-state index in [0.717, 1.165) is 10.5 Å². The van der Waals surface area contributed by atoms with Gasteiger partial charge in [0.15, 0.2) is 0 Å². The third kappa shape index (κ3) is 1.33. The molecule has 1 aliphatic rings. The summed E-state index contributed by atoms with van der Waals surface area (Å²) in [6, 6.07) is 2.99. The number of benzene rings is 1. The van der Waals surface area contributed by atoms with E-state index in [2.05, 4.69) is 0 Å². The molecule has 0 N–H and O–H groups in total. The molecule has 0 saturated heterocycles. The topological polar surface area (TPSA) is 17.1 Å². The minimum absolute atomic E-state index is 0.224. The van der Waals surface area contributed by atoms with Crippen LogP contribution in [0, 0.1) is 5.82 Å². The average Bonchev–Trinajstić information content (AvgIpc) is 2.53. The molecule has 68 valence electrons. The van der Waals surface area contributed by atoms with Crippen LogP contribution in [-0.2, 0) is 17.2 Å². The fourth-order valence-corrected chi connectivity index (χ4v) is 2.37. The molecule has 1 atom stereocenters. The minimum Gasteiger partial charge on any atom is -0.255 e. The molecule has 0 heterocycles. The molecule has 1 unspecified atom stereocenters. The van der Waals surface area contributed by atoms with Crippen LogP contribution in [0.15, 0.2) is 23.1 Å². The van der Waals surface area contributed by atoms with E-state index in [9.17, 15) is 8.60 Å². The van der Waals surface area contributed by atoms with Crippen molar-refractivity contribution in [1.29, 1.82) is 0 Å². The maximum Gasteiger partial charge on any atom is 0.130 e. The van der Waals surface area contributed by atoms with Gasteiger partial charge in [0, 0.05) is 16.7 Å². The molecule has 1 aliphatic carbocycles. The minimum atomic E-state index is -1.03. The van der Waals surface area contributed by atoms with Crippen molar-refractivity contribution in [1.82, 2.24) is 0 Å². The second kappa shape index (κ2) is 3.07. The molecule has 0 bridgehead atoms. The molecule has 0 fully saturated rings. The van der Waals surface area contributed by atoms with E-state index in [1.165, 1.54) is 6.07 Å². The van der Waals surface area contributed by atoms with Gasteiger partial charge in [-0.3, -0.25) is 4.21 Å². The highest BCUT2D eigenvalue weighted by Gasteiger charge is 2.15. The number of allylic oxidation sites excluding steroid dienone is 1. The van der Waals surface area contributed by atoms with Gasteiger partial charge >= 0.3 is 0 Å². The summed E-state index contributed by atoms with van der Waals surface area (Å²) in [6.45, 7) is 0. The Morgan fingerprint density at radius 2 is 2.23 bits per heavy atom. The Labute approximate surface area is 78.7 Å². The normalized spacial score (nSPS) is 15.8. The number of rotatable bonds is 1. The van der Waals surface area contributed by atoms with Crippen LogP contribution in [0.5, 0.6) is 0 Å². The number of fused-ring (bicyclic) bond motifs is 1. The van der Waals surface area contributed by atoms with Crippen LogP contribution in [-0.4, -0.2) is 10.5 Å². The smallest absolute Gasteiger partial charge is 0.130 e. The summed E-state index contributed by atoms with van der Waals surface area (Å²) in [5.41, 5.74) is 1.48. The molecule has 1 aromatic rings. The quantitative estimate of drug-likeness (QED) is 0.672. The van der Waals surface area contributed by atoms with Gasteiger partial charge in [0.1, 0.15) is 5.82 Å². The van der Waals surface area contributed by atoms with Crippen molar-refractivity contribution >= 4 is 16.9 Å². The first-order valence-corrected chi connectivity index (χ1v) is 5.57. The molecule has 0 spiro atoms. The number of halogens is 1. The SMILES string of the molecule is CS(=O)c1ccc(F)c2c1CC=C2. The fraction of sp³-hybridized carbons (Fsp3) is 0.200. The van der Waals surface area contributed by atoms with Crippen molar-refractivity contribution in [2.75, 3.05) is 6.26 Å². The first-order valence-electron chi connectivity index (χ1n) is 4.01. The Morgan fingerprint density at radius 1 is 1.46 bits per heavy atom. The molecule has 0 radical (unpaired) electrons. The van der Waals surface area contributed by atoms with Crippen molar-refractivity contribution in [3.8, 4) is 0 Å². The summed E-state index contributed by atoms with van der Waals surface area (Å²) < 4.78 is 24.5. The molecule has 1 aromatic carbocycles. The highest BCUT2D eigenvalue weighted by Crippen LogP contribution is 2.27. The molecule has 0 aromatic heterocycles. The zero-order valence-electron chi connectivity index (χ0n) is 7.21. The van der Waals surface area contributed by atoms with Gasteiger partial charge in [0.2, 0.25) is 0 Å². The van der Waals surface area contributed by atoms with Crippen molar-refractivity contribution < 1.29 is 8.60 Å². The van der Waals surface area contributed by atoms with Gasteiger partial charge < -0.3 is 0 Å². The van der Waals surface area contributed by atoms with Crippen molar-refractivity contribution in [3.05, 3.63) is 35.2 Å². The molecule has 2 rings (SSSR count). The standard InChI is InChI=1S/C10H9FOS/c1-13(12)10-6-5-9(11)7-3-2-4-8(7)10/h2-3,5-6H,4H2,1H3. The van der Waals surface area contributed by atoms with Gasteiger partial charge in [-0.25, -0.2) is 4.39 Å². The van der Waals surface area contributed by atoms with E-state index in [4.69, 9.17) is 0 Å². The number of hydrogen-bond acceptors (Lipinski definition) is 1. The Morgan fingerprint density at radius 3 is 2.92 bits per heavy atom. The Kier molecular flexibility index (Phi) is 2.04. The molecular weight excluding hydrogens is 187 g/mol. The van der Waals surface area contributed by atoms with Crippen LogP contribution in [0.25, 0.3) is 6.08 Å². The lowest BCUT2D eigenvalue weighted by molar-refractivity contribution is 0.622. The zero-order valence-corrected chi connectivity index (χ0v) is 8.03. The summed E-state index contributed by atoms with van der Waals surface area (Å²) >= 11 is 0. The summed E-state index contributed by atoms with van der Waals surface area (Å²) in [7, 11) is -1.03. The Balaban J connectivity index is 2.66. The highest BCUT2D eigenvalue weighted by molar-refractivity contribution is 7.84. The molecule has 0 saturated carbocycles. The predicted octanol–water partition coefficient (Wildman–Crippen LogP) is 2.13. The third-order valence-electron chi connectivity index (χ3n) is 2.18. The first-order chi connectivity index (χ1) is 6.20. The van der Waals surface area contributed by atoms with Crippen LogP contribution < -0.4 is 0 Å². The molecule has 1 nitrogen and oxygen atoms in total. The highest BCUT2D eigenvalue weighted by atomic mass is 32.2. The van der Waals surface area contributed by atoms with Crippen LogP contribution >= 0.6 is 0 Å². The summed E-state index contributed by atoms with van der Waals surface area (Å²) in [4.78, 5) is 0.751. The summed E-state index contributed by atoms with van der Waals surface area (Å²) in [5.74, 6) is -0.224. The van der Waals surface area contributed by atoms with Crippen molar-refractivity contribution in [2.45, 2.75) is 11.3 Å². The van der Waals surface area contributed by atoms with E-state index >= 15 is 0 Å². The van der Waals surface area contributed by atoms with E-state index < -0.39 is 10.8 Å². The van der Waals surface area contributed by atoms with Gasteiger partial charge in [-0.05, 0) is 24.1 Å². The maximum absolute atomic E-state index is 13.2. The van der Waals surface area contributed by atoms with E-state index in [-0.39, 0.29) is 5.82 Å². The van der Waals surface area contributed by atoms with Crippen molar-refractivity contribution in [3.63, 3.8) is 0 Å². The van der Waals surface area contributed by atoms with Crippen LogP contribution in [0.4, 0.5) is 4.39 Å². The van der Waals surface area contributed by atoms with E-state index in [1.54, 1.807) is 18.4 Å².